The van der Waals surface area contributed by atoms with Crippen LogP contribution in [0.4, 0.5) is 5.69 Å². The topological polar surface area (TPSA) is 70.3 Å². The van der Waals surface area contributed by atoms with Gasteiger partial charge in [-0.2, -0.15) is 0 Å². The second-order valence-corrected chi connectivity index (χ2v) is 4.04. The number of ether oxygens (including phenoxy) is 2. The summed E-state index contributed by atoms with van der Waals surface area (Å²) < 4.78 is 11.3. The molecular weight excluding hydrogens is 286 g/mol. The molecule has 0 unspecified atom stereocenters. The van der Waals surface area contributed by atoms with Crippen LogP contribution in [-0.4, -0.2) is 17.1 Å². The van der Waals surface area contributed by atoms with Crippen LogP contribution in [0.2, 0.25) is 0 Å². The van der Waals surface area contributed by atoms with Gasteiger partial charge in [-0.15, -0.1) is 0 Å². The molecule has 0 saturated carbocycles. The first kappa shape index (κ1) is 11.7. The van der Waals surface area contributed by atoms with E-state index in [1.165, 1.54) is 6.33 Å². The van der Waals surface area contributed by atoms with Gasteiger partial charge in [0.2, 0.25) is 5.88 Å². The number of hydrogen-bond donors (Lipinski definition) is 1. The predicted molar refractivity (Wildman–Crippen MR) is 67.2 cm³/mol. The van der Waals surface area contributed by atoms with E-state index in [9.17, 15) is 0 Å². The van der Waals surface area contributed by atoms with Crippen molar-refractivity contribution < 1.29 is 9.47 Å². The lowest BCUT2D eigenvalue weighted by molar-refractivity contribution is 0.407. The first-order valence-corrected chi connectivity index (χ1v) is 5.57. The highest BCUT2D eigenvalue weighted by Crippen LogP contribution is 2.32. The minimum atomic E-state index is 0.403. The van der Waals surface area contributed by atoms with Crippen LogP contribution in [0.25, 0.3) is 0 Å². The summed E-state index contributed by atoms with van der Waals surface area (Å²) in [7, 11) is 1.58. The van der Waals surface area contributed by atoms with Crippen molar-refractivity contribution >= 4 is 21.6 Å². The first-order chi connectivity index (χ1) is 8.20. The Morgan fingerprint density at radius 1 is 1.35 bits per heavy atom. The van der Waals surface area contributed by atoms with Gasteiger partial charge < -0.3 is 15.2 Å². The molecule has 6 heteroatoms. The van der Waals surface area contributed by atoms with Gasteiger partial charge in [-0.05, 0) is 28.1 Å². The molecule has 0 aliphatic rings. The highest BCUT2D eigenvalue weighted by Gasteiger charge is 2.08. The molecule has 1 aromatic heterocycles. The summed E-state index contributed by atoms with van der Waals surface area (Å²) >= 11 is 3.29. The molecular formula is C11H10BrN3O2. The minimum absolute atomic E-state index is 0.403. The maximum atomic E-state index is 5.80. The highest BCUT2D eigenvalue weighted by molar-refractivity contribution is 9.10. The molecule has 0 aliphatic carbocycles. The number of nitrogens with two attached hydrogens (primary N) is 1. The molecule has 0 saturated heterocycles. The molecule has 0 bridgehead atoms. The third kappa shape index (κ3) is 2.65. The van der Waals surface area contributed by atoms with Crippen LogP contribution in [0.1, 0.15) is 0 Å². The van der Waals surface area contributed by atoms with Crippen molar-refractivity contribution in [1.29, 1.82) is 0 Å². The molecule has 17 heavy (non-hydrogen) atoms. The van der Waals surface area contributed by atoms with Gasteiger partial charge in [0.1, 0.15) is 12.1 Å². The lowest BCUT2D eigenvalue weighted by Crippen LogP contribution is -1.95. The average molecular weight is 296 g/mol. The fourth-order valence-corrected chi connectivity index (χ4v) is 1.51. The Morgan fingerprint density at radius 3 is 2.88 bits per heavy atom. The number of methoxy groups -OCH3 is 1. The fourth-order valence-electron chi connectivity index (χ4n) is 1.21. The van der Waals surface area contributed by atoms with E-state index in [1.807, 2.05) is 0 Å². The van der Waals surface area contributed by atoms with Gasteiger partial charge in [0, 0.05) is 12.3 Å². The summed E-state index contributed by atoms with van der Waals surface area (Å²) in [6.07, 6.45) is 3.00. The van der Waals surface area contributed by atoms with Gasteiger partial charge in [-0.3, -0.25) is 0 Å². The molecule has 1 aromatic carbocycles. The molecule has 0 atom stereocenters. The Bertz CT molecular complexity index is 534. The van der Waals surface area contributed by atoms with Crippen molar-refractivity contribution in [2.45, 2.75) is 0 Å². The van der Waals surface area contributed by atoms with Gasteiger partial charge in [0.25, 0.3) is 0 Å². The van der Waals surface area contributed by atoms with Gasteiger partial charge in [-0.25, -0.2) is 9.97 Å². The molecule has 2 rings (SSSR count). The molecule has 0 spiro atoms. The number of nitrogen functional groups attached to an aromatic ring is 1. The molecule has 0 radical (unpaired) electrons. The molecule has 5 nitrogen and oxygen atoms in total. The van der Waals surface area contributed by atoms with Crippen molar-refractivity contribution in [3.8, 4) is 17.4 Å². The molecule has 2 aromatic rings. The molecule has 88 valence electrons. The average Bonchev–Trinajstić information content (AvgIpc) is 2.35. The lowest BCUT2D eigenvalue weighted by Gasteiger charge is -2.09. The van der Waals surface area contributed by atoms with Crippen LogP contribution in [0, 0.1) is 0 Å². The molecule has 0 aliphatic heterocycles. The van der Waals surface area contributed by atoms with E-state index < -0.39 is 0 Å². The summed E-state index contributed by atoms with van der Waals surface area (Å²) in [5.41, 5.74) is 6.31. The minimum Gasteiger partial charge on any atom is -0.497 e. The van der Waals surface area contributed by atoms with Gasteiger partial charge >= 0.3 is 0 Å². The second-order valence-electron chi connectivity index (χ2n) is 3.18. The molecule has 0 fully saturated rings. The van der Waals surface area contributed by atoms with Gasteiger partial charge in [-0.1, -0.05) is 0 Å². The van der Waals surface area contributed by atoms with Crippen molar-refractivity contribution in [2.75, 3.05) is 12.8 Å². The van der Waals surface area contributed by atoms with E-state index in [4.69, 9.17) is 15.2 Å². The maximum absolute atomic E-state index is 5.80. The van der Waals surface area contributed by atoms with E-state index in [-0.39, 0.29) is 0 Å². The van der Waals surface area contributed by atoms with E-state index in [1.54, 1.807) is 31.5 Å². The van der Waals surface area contributed by atoms with E-state index in [0.29, 0.717) is 27.5 Å². The fraction of sp³-hybridized carbons (Fsp3) is 0.0909. The van der Waals surface area contributed by atoms with Gasteiger partial charge in [0.15, 0.2) is 5.75 Å². The number of anilines is 1. The van der Waals surface area contributed by atoms with Crippen molar-refractivity contribution in [1.82, 2.24) is 9.97 Å². The second kappa shape index (κ2) is 5.01. The van der Waals surface area contributed by atoms with Crippen molar-refractivity contribution in [3.05, 3.63) is 35.2 Å². The van der Waals surface area contributed by atoms with Crippen LogP contribution < -0.4 is 15.2 Å². The maximum Gasteiger partial charge on any atom is 0.236 e. The van der Waals surface area contributed by atoms with Crippen LogP contribution in [-0.2, 0) is 0 Å². The number of hydrogen-bond acceptors (Lipinski definition) is 5. The molecule has 0 amide bonds. The van der Waals surface area contributed by atoms with Crippen molar-refractivity contribution in [3.63, 3.8) is 0 Å². The number of benzene rings is 1. The van der Waals surface area contributed by atoms with Crippen LogP contribution >= 0.6 is 15.9 Å². The standard InChI is InChI=1S/C11H10BrN3O2/c1-16-7-2-3-9(13)10(4-7)17-11-8(12)5-14-6-15-11/h2-6H,13H2,1H3. The Labute approximate surface area is 107 Å². The Balaban J connectivity index is 2.32. The number of aromatic nitrogens is 2. The summed E-state index contributed by atoms with van der Waals surface area (Å²) in [5, 5.41) is 0. The Morgan fingerprint density at radius 2 is 2.18 bits per heavy atom. The van der Waals surface area contributed by atoms with Crippen LogP contribution in [0.15, 0.2) is 35.2 Å². The van der Waals surface area contributed by atoms with Crippen molar-refractivity contribution in [2.24, 2.45) is 0 Å². The smallest absolute Gasteiger partial charge is 0.236 e. The summed E-state index contributed by atoms with van der Waals surface area (Å²) in [5.74, 6) is 1.56. The van der Waals surface area contributed by atoms with E-state index >= 15 is 0 Å². The van der Waals surface area contributed by atoms with E-state index in [0.717, 1.165) is 0 Å². The number of rotatable bonds is 3. The summed E-state index contributed by atoms with van der Waals surface area (Å²) in [6.45, 7) is 0. The molecule has 1 heterocycles. The monoisotopic (exact) mass is 295 g/mol. The van der Waals surface area contributed by atoms with Gasteiger partial charge in [0.05, 0.1) is 17.3 Å². The predicted octanol–water partition coefficient (Wildman–Crippen LogP) is 2.62. The normalized spacial score (nSPS) is 10.0. The Kier molecular flexibility index (Phi) is 3.43. The molecule has 2 N–H and O–H groups in total. The Hall–Kier alpha value is -1.82. The first-order valence-electron chi connectivity index (χ1n) is 4.77. The highest BCUT2D eigenvalue weighted by atomic mass is 79.9. The quantitative estimate of drug-likeness (QED) is 0.882. The zero-order valence-corrected chi connectivity index (χ0v) is 10.6. The largest absolute Gasteiger partial charge is 0.497 e. The van der Waals surface area contributed by atoms with E-state index in [2.05, 4.69) is 25.9 Å². The SMILES string of the molecule is COc1ccc(N)c(Oc2ncncc2Br)c1. The van der Waals surface area contributed by atoms with Crippen LogP contribution in [0.3, 0.4) is 0 Å². The van der Waals surface area contributed by atoms with Crippen LogP contribution in [0.5, 0.6) is 17.4 Å². The number of halogens is 1. The third-order valence-electron chi connectivity index (χ3n) is 2.06. The zero-order valence-electron chi connectivity index (χ0n) is 9.05. The lowest BCUT2D eigenvalue weighted by atomic mass is 10.3. The summed E-state index contributed by atoms with van der Waals surface area (Å²) in [6, 6.07) is 5.17. The zero-order chi connectivity index (χ0) is 12.3. The number of nitrogens with zero attached hydrogens (tertiary/aromatic N) is 2. The summed E-state index contributed by atoms with van der Waals surface area (Å²) in [4.78, 5) is 7.84. The third-order valence-corrected chi connectivity index (χ3v) is 2.61.